The first kappa shape index (κ1) is 25.6. The Morgan fingerprint density at radius 2 is 1.82 bits per heavy atom. The van der Waals surface area contributed by atoms with Crippen molar-refractivity contribution in [1.82, 2.24) is 34.4 Å². The molecule has 0 aliphatic carbocycles. The highest BCUT2D eigenvalue weighted by molar-refractivity contribution is 5.95. The van der Waals surface area contributed by atoms with Crippen LogP contribution in [0.4, 0.5) is 4.39 Å². The molecule has 1 aliphatic heterocycles. The standard InChI is InChI=1S/C28H32FN7O2/c1-16(2)20-12-22(19-7-8-21(29)17(3)11-19)33-36-14-24(32-25(20)36)27(38)35-10-9-34(15-28(35,5)6)26(37)23-13-30-18(4)31-23/h7-8,11-14,16H,9-10,15H2,1-6H3,(H,30,31). The van der Waals surface area contributed by atoms with Crippen LogP contribution in [0.25, 0.3) is 16.9 Å². The average Bonchev–Trinajstić information content (AvgIpc) is 3.49. The minimum atomic E-state index is -0.614. The monoisotopic (exact) mass is 517 g/mol. The number of nitrogens with zero attached hydrogens (tertiary/aromatic N) is 6. The molecule has 0 radical (unpaired) electrons. The summed E-state index contributed by atoms with van der Waals surface area (Å²) in [5.41, 5.74) is 3.63. The Morgan fingerprint density at radius 3 is 2.45 bits per heavy atom. The van der Waals surface area contributed by atoms with Crippen LogP contribution in [0, 0.1) is 19.7 Å². The van der Waals surface area contributed by atoms with E-state index in [4.69, 9.17) is 10.1 Å². The molecular formula is C28H32FN7O2. The van der Waals surface area contributed by atoms with Gasteiger partial charge in [-0.3, -0.25) is 9.59 Å². The second kappa shape index (κ2) is 9.34. The molecule has 0 bridgehead atoms. The lowest BCUT2D eigenvalue weighted by Crippen LogP contribution is -2.62. The first-order chi connectivity index (χ1) is 17.9. The molecule has 2 amide bonds. The van der Waals surface area contributed by atoms with Gasteiger partial charge in [-0.1, -0.05) is 13.8 Å². The van der Waals surface area contributed by atoms with Gasteiger partial charge in [0.15, 0.2) is 5.65 Å². The molecule has 10 heteroatoms. The molecule has 0 unspecified atom stereocenters. The highest BCUT2D eigenvalue weighted by atomic mass is 19.1. The molecular weight excluding hydrogens is 485 g/mol. The van der Waals surface area contributed by atoms with Gasteiger partial charge in [0.25, 0.3) is 11.8 Å². The summed E-state index contributed by atoms with van der Waals surface area (Å²) < 4.78 is 15.5. The van der Waals surface area contributed by atoms with E-state index >= 15 is 0 Å². The number of benzene rings is 1. The number of piperazine rings is 1. The molecule has 38 heavy (non-hydrogen) atoms. The highest BCUT2D eigenvalue weighted by Gasteiger charge is 2.40. The van der Waals surface area contributed by atoms with Gasteiger partial charge in [0.1, 0.15) is 23.0 Å². The molecule has 4 heterocycles. The van der Waals surface area contributed by atoms with Crippen molar-refractivity contribution in [3.8, 4) is 11.3 Å². The minimum Gasteiger partial charge on any atom is -0.348 e. The van der Waals surface area contributed by atoms with E-state index in [1.807, 2.05) is 19.9 Å². The van der Waals surface area contributed by atoms with E-state index in [0.717, 1.165) is 11.1 Å². The van der Waals surface area contributed by atoms with Crippen molar-refractivity contribution in [2.24, 2.45) is 0 Å². The first-order valence-corrected chi connectivity index (χ1v) is 12.7. The van der Waals surface area contributed by atoms with Crippen LogP contribution in [0.2, 0.25) is 0 Å². The molecule has 1 aliphatic rings. The number of amides is 2. The molecule has 3 aromatic heterocycles. The number of carbonyl (C=O) groups is 2. The number of fused-ring (bicyclic) bond motifs is 1. The fourth-order valence-corrected chi connectivity index (χ4v) is 5.01. The number of aromatic amines is 1. The van der Waals surface area contributed by atoms with E-state index < -0.39 is 5.54 Å². The van der Waals surface area contributed by atoms with Gasteiger partial charge in [0, 0.05) is 37.0 Å². The SMILES string of the molecule is Cc1nc(C(=O)N2CCN(C(=O)c3cn4nc(-c5ccc(F)c(C)c5)cc(C(C)C)c4n3)C(C)(C)C2)c[nH]1. The van der Waals surface area contributed by atoms with Gasteiger partial charge in [-0.25, -0.2) is 18.9 Å². The van der Waals surface area contributed by atoms with Crippen molar-refractivity contribution in [2.75, 3.05) is 19.6 Å². The van der Waals surface area contributed by atoms with Crippen molar-refractivity contribution in [3.05, 3.63) is 70.8 Å². The van der Waals surface area contributed by atoms with Crippen LogP contribution in [0.5, 0.6) is 0 Å². The fraction of sp³-hybridized carbons (Fsp3) is 0.393. The molecule has 0 saturated carbocycles. The average molecular weight is 518 g/mol. The summed E-state index contributed by atoms with van der Waals surface area (Å²) in [5, 5.41) is 4.71. The Balaban J connectivity index is 1.44. The van der Waals surface area contributed by atoms with E-state index in [1.165, 1.54) is 6.07 Å². The van der Waals surface area contributed by atoms with Gasteiger partial charge >= 0.3 is 0 Å². The number of aryl methyl sites for hydroxylation is 2. The number of nitrogens with one attached hydrogen (secondary N) is 1. The Kier molecular flexibility index (Phi) is 6.28. The van der Waals surface area contributed by atoms with Crippen molar-refractivity contribution >= 4 is 17.5 Å². The van der Waals surface area contributed by atoms with Gasteiger partial charge < -0.3 is 14.8 Å². The Hall–Kier alpha value is -4.08. The molecule has 1 aromatic carbocycles. The Labute approximate surface area is 220 Å². The van der Waals surface area contributed by atoms with Crippen LogP contribution < -0.4 is 0 Å². The lowest BCUT2D eigenvalue weighted by molar-refractivity contribution is 0.0163. The third-order valence-corrected chi connectivity index (χ3v) is 7.11. The molecule has 4 aromatic rings. The van der Waals surface area contributed by atoms with E-state index in [-0.39, 0.29) is 23.5 Å². The van der Waals surface area contributed by atoms with Crippen LogP contribution in [0.15, 0.2) is 36.7 Å². The van der Waals surface area contributed by atoms with Crippen molar-refractivity contribution in [3.63, 3.8) is 0 Å². The largest absolute Gasteiger partial charge is 0.348 e. The van der Waals surface area contributed by atoms with Crippen LogP contribution in [-0.4, -0.2) is 71.4 Å². The topological polar surface area (TPSA) is 99.5 Å². The number of rotatable bonds is 4. The maximum absolute atomic E-state index is 13.9. The Bertz CT molecular complexity index is 1550. The first-order valence-electron chi connectivity index (χ1n) is 12.7. The molecule has 0 spiro atoms. The number of hydrogen-bond donors (Lipinski definition) is 1. The zero-order valence-corrected chi connectivity index (χ0v) is 22.5. The smallest absolute Gasteiger partial charge is 0.274 e. The molecule has 198 valence electrons. The van der Waals surface area contributed by atoms with Gasteiger partial charge in [-0.2, -0.15) is 5.10 Å². The summed E-state index contributed by atoms with van der Waals surface area (Å²) in [6, 6.07) is 6.87. The number of aromatic nitrogens is 5. The van der Waals surface area contributed by atoms with Gasteiger partial charge in [0.05, 0.1) is 17.4 Å². The summed E-state index contributed by atoms with van der Waals surface area (Å²) in [5.74, 6) is 0.176. The van der Waals surface area contributed by atoms with Gasteiger partial charge in [0.2, 0.25) is 0 Å². The van der Waals surface area contributed by atoms with Crippen LogP contribution >= 0.6 is 0 Å². The zero-order chi connectivity index (χ0) is 27.4. The number of hydrogen-bond acceptors (Lipinski definition) is 5. The quantitative estimate of drug-likeness (QED) is 0.433. The summed E-state index contributed by atoms with van der Waals surface area (Å²) in [6.07, 6.45) is 3.27. The molecule has 0 atom stereocenters. The van der Waals surface area contributed by atoms with Crippen LogP contribution in [0.3, 0.4) is 0 Å². The predicted molar refractivity (Wildman–Crippen MR) is 142 cm³/mol. The molecule has 1 N–H and O–H groups in total. The van der Waals surface area contributed by atoms with Gasteiger partial charge in [-0.15, -0.1) is 0 Å². The Morgan fingerprint density at radius 1 is 1.05 bits per heavy atom. The van der Waals surface area contributed by atoms with Gasteiger partial charge in [-0.05, 0) is 63.4 Å². The van der Waals surface area contributed by atoms with Crippen molar-refractivity contribution in [1.29, 1.82) is 0 Å². The van der Waals surface area contributed by atoms with Crippen LogP contribution in [0.1, 0.15) is 71.5 Å². The number of H-pyrrole nitrogens is 1. The summed E-state index contributed by atoms with van der Waals surface area (Å²) >= 11 is 0. The normalized spacial score (nSPS) is 15.5. The van der Waals surface area contributed by atoms with Crippen molar-refractivity contribution < 1.29 is 14.0 Å². The van der Waals surface area contributed by atoms with E-state index in [1.54, 1.807) is 52.7 Å². The lowest BCUT2D eigenvalue weighted by atomic mass is 9.98. The van der Waals surface area contributed by atoms with E-state index in [2.05, 4.69) is 23.8 Å². The van der Waals surface area contributed by atoms with Crippen LogP contribution in [-0.2, 0) is 0 Å². The summed E-state index contributed by atoms with van der Waals surface area (Å²) in [7, 11) is 0. The number of carbonyl (C=O) groups excluding carboxylic acids is 2. The zero-order valence-electron chi connectivity index (χ0n) is 22.5. The maximum Gasteiger partial charge on any atom is 0.274 e. The summed E-state index contributed by atoms with van der Waals surface area (Å²) in [6.45, 7) is 12.7. The number of halogens is 1. The second-order valence-electron chi connectivity index (χ2n) is 10.9. The molecule has 1 fully saturated rings. The third kappa shape index (κ3) is 4.55. The minimum absolute atomic E-state index is 0.128. The predicted octanol–water partition coefficient (Wildman–Crippen LogP) is 4.38. The fourth-order valence-electron chi connectivity index (χ4n) is 5.01. The van der Waals surface area contributed by atoms with E-state index in [0.29, 0.717) is 53.8 Å². The second-order valence-corrected chi connectivity index (χ2v) is 10.9. The molecule has 5 rings (SSSR count). The lowest BCUT2D eigenvalue weighted by Gasteiger charge is -2.46. The third-order valence-electron chi connectivity index (χ3n) is 7.11. The van der Waals surface area contributed by atoms with Crippen molar-refractivity contribution in [2.45, 2.75) is 53.0 Å². The van der Waals surface area contributed by atoms with E-state index in [9.17, 15) is 14.0 Å². The number of imidazole rings is 2. The molecule has 1 saturated heterocycles. The molecule has 9 nitrogen and oxygen atoms in total. The maximum atomic E-state index is 13.9. The summed E-state index contributed by atoms with van der Waals surface area (Å²) in [4.78, 5) is 42.1. The highest BCUT2D eigenvalue weighted by Crippen LogP contribution is 2.29.